The molecule has 0 spiro atoms. The van der Waals surface area contributed by atoms with Crippen LogP contribution < -0.4 is 5.46 Å². The fourth-order valence-electron chi connectivity index (χ4n) is 1.04. The topological polar surface area (TPSA) is 0 Å². The minimum atomic E-state index is 0.852. The van der Waals surface area contributed by atoms with Gasteiger partial charge in [-0.2, -0.15) is 0 Å². The van der Waals surface area contributed by atoms with Crippen molar-refractivity contribution in [3.8, 4) is 0 Å². The summed E-state index contributed by atoms with van der Waals surface area (Å²) in [4.78, 5) is 0. The van der Waals surface area contributed by atoms with Crippen molar-refractivity contribution in [1.29, 1.82) is 0 Å². The highest BCUT2D eigenvalue weighted by Gasteiger charge is 2.02. The van der Waals surface area contributed by atoms with Gasteiger partial charge in [0.2, 0.25) is 0 Å². The van der Waals surface area contributed by atoms with Gasteiger partial charge in [0.25, 0.3) is 0 Å². The van der Waals surface area contributed by atoms with Gasteiger partial charge in [-0.25, -0.2) is 0 Å². The highest BCUT2D eigenvalue weighted by molar-refractivity contribution is 9.11. The average molecular weight is 223 g/mol. The van der Waals surface area contributed by atoms with Crippen LogP contribution in [0.4, 0.5) is 0 Å². The lowest BCUT2D eigenvalue weighted by molar-refractivity contribution is 1.87. The van der Waals surface area contributed by atoms with Crippen molar-refractivity contribution in [2.45, 2.75) is 0 Å². The fraction of sp³-hybridized carbons (Fsp3) is 0. The van der Waals surface area contributed by atoms with Crippen LogP contribution in [0.5, 0.6) is 0 Å². The lowest BCUT2D eigenvalue weighted by Gasteiger charge is -1.88. The summed E-state index contributed by atoms with van der Waals surface area (Å²) in [6, 6.07) is 8.12. The maximum Gasteiger partial charge on any atom is 0.117 e. The summed E-state index contributed by atoms with van der Waals surface area (Å²) in [5.41, 5.74) is 0.852. The van der Waals surface area contributed by atoms with E-state index in [-0.39, 0.29) is 0 Å². The Morgan fingerprint density at radius 1 is 1.27 bits per heavy atom. The summed E-state index contributed by atoms with van der Waals surface area (Å²) < 4.78 is 2.26. The second-order valence-electron chi connectivity index (χ2n) is 2.29. The molecular formula is C8H4BBrS. The van der Waals surface area contributed by atoms with Crippen molar-refractivity contribution < 1.29 is 0 Å². The molecule has 0 saturated carbocycles. The molecule has 3 heteroatoms. The van der Waals surface area contributed by atoms with Crippen LogP contribution in [0.25, 0.3) is 10.1 Å². The van der Waals surface area contributed by atoms with Gasteiger partial charge in [0, 0.05) is 4.70 Å². The monoisotopic (exact) mass is 222 g/mol. The molecule has 0 nitrogen and oxygen atoms in total. The highest BCUT2D eigenvalue weighted by Crippen LogP contribution is 2.26. The van der Waals surface area contributed by atoms with E-state index in [4.69, 9.17) is 7.85 Å². The van der Waals surface area contributed by atoms with Crippen LogP contribution in [-0.4, -0.2) is 7.85 Å². The molecular weight excluding hydrogens is 219 g/mol. The van der Waals surface area contributed by atoms with Crippen LogP contribution in [0, 0.1) is 0 Å². The van der Waals surface area contributed by atoms with Crippen molar-refractivity contribution in [2.75, 3.05) is 0 Å². The molecule has 1 aromatic carbocycles. The van der Waals surface area contributed by atoms with E-state index in [1.165, 1.54) is 4.70 Å². The van der Waals surface area contributed by atoms with Crippen LogP contribution in [0.1, 0.15) is 0 Å². The molecule has 0 aliphatic rings. The predicted octanol–water partition coefficient (Wildman–Crippen LogP) is 2.46. The maximum absolute atomic E-state index is 5.80. The normalized spacial score (nSPS) is 10.6. The quantitative estimate of drug-likeness (QED) is 0.601. The molecule has 0 aliphatic carbocycles. The summed E-state index contributed by atoms with van der Waals surface area (Å²) in [7, 11) is 5.80. The Kier molecular flexibility index (Phi) is 1.78. The molecule has 0 atom stereocenters. The van der Waals surface area contributed by atoms with E-state index in [1.54, 1.807) is 11.3 Å². The smallest absolute Gasteiger partial charge is 0.117 e. The summed E-state index contributed by atoms with van der Waals surface area (Å²) in [5, 5.41) is 1.14. The minimum Gasteiger partial charge on any atom is -0.129 e. The summed E-state index contributed by atoms with van der Waals surface area (Å²) in [5.74, 6) is 0. The lowest BCUT2D eigenvalue weighted by atomic mass is 9.96. The third kappa shape index (κ3) is 1.12. The van der Waals surface area contributed by atoms with Crippen LogP contribution in [0.2, 0.25) is 0 Å². The van der Waals surface area contributed by atoms with Crippen LogP contribution in [0.3, 0.4) is 0 Å². The van der Waals surface area contributed by atoms with E-state index < -0.39 is 0 Å². The molecule has 2 aromatic rings. The molecule has 2 radical (unpaired) electrons. The maximum atomic E-state index is 5.80. The second kappa shape index (κ2) is 2.65. The molecule has 52 valence electrons. The molecule has 0 amide bonds. The Bertz CT molecular complexity index is 394. The third-order valence-corrected chi connectivity index (χ3v) is 3.48. The zero-order valence-electron chi connectivity index (χ0n) is 5.67. The number of fused-ring (bicyclic) bond motifs is 1. The molecule has 2 rings (SSSR count). The first kappa shape index (κ1) is 7.38. The number of hydrogen-bond acceptors (Lipinski definition) is 1. The summed E-state index contributed by atoms with van der Waals surface area (Å²) in [6.07, 6.45) is 0. The molecule has 1 heterocycles. The Hall–Kier alpha value is -0.275. The standard InChI is InChI=1S/C8H4BBrS/c9-7-5-3-1-2-4-6(5)11-8(7)10/h1-4H. The van der Waals surface area contributed by atoms with Gasteiger partial charge >= 0.3 is 0 Å². The number of halogens is 1. The molecule has 0 aliphatic heterocycles. The van der Waals surface area contributed by atoms with Crippen LogP contribution in [0.15, 0.2) is 28.1 Å². The van der Waals surface area contributed by atoms with Gasteiger partial charge in [0.1, 0.15) is 7.85 Å². The van der Waals surface area contributed by atoms with Gasteiger partial charge in [-0.1, -0.05) is 23.7 Å². The fourth-order valence-corrected chi connectivity index (χ4v) is 2.62. The Labute approximate surface area is 78.8 Å². The van der Waals surface area contributed by atoms with Gasteiger partial charge in [0.05, 0.1) is 3.79 Å². The molecule has 11 heavy (non-hydrogen) atoms. The van der Waals surface area contributed by atoms with E-state index in [0.29, 0.717) is 0 Å². The Morgan fingerprint density at radius 2 is 2.00 bits per heavy atom. The van der Waals surface area contributed by atoms with E-state index in [9.17, 15) is 0 Å². The van der Waals surface area contributed by atoms with Crippen molar-refractivity contribution in [3.63, 3.8) is 0 Å². The number of benzene rings is 1. The second-order valence-corrected chi connectivity index (χ2v) is 4.66. The van der Waals surface area contributed by atoms with Crippen LogP contribution in [-0.2, 0) is 0 Å². The molecule has 0 saturated heterocycles. The van der Waals surface area contributed by atoms with Gasteiger partial charge in [-0.15, -0.1) is 11.3 Å². The SMILES string of the molecule is [B]c1c(Br)sc2ccccc12. The molecule has 0 fully saturated rings. The van der Waals surface area contributed by atoms with E-state index in [0.717, 1.165) is 14.6 Å². The average Bonchev–Trinajstić information content (AvgIpc) is 2.30. The first-order valence-electron chi connectivity index (χ1n) is 3.21. The Balaban J connectivity index is 2.92. The van der Waals surface area contributed by atoms with Crippen LogP contribution >= 0.6 is 27.3 Å². The van der Waals surface area contributed by atoms with Gasteiger partial charge in [-0.05, 0) is 27.4 Å². The van der Waals surface area contributed by atoms with Gasteiger partial charge in [-0.3, -0.25) is 0 Å². The predicted molar refractivity (Wildman–Crippen MR) is 54.9 cm³/mol. The first-order valence-corrected chi connectivity index (χ1v) is 4.82. The third-order valence-electron chi connectivity index (χ3n) is 1.59. The molecule has 1 aromatic heterocycles. The number of hydrogen-bond donors (Lipinski definition) is 0. The number of rotatable bonds is 0. The molecule has 0 bridgehead atoms. The zero-order valence-corrected chi connectivity index (χ0v) is 8.08. The largest absolute Gasteiger partial charge is 0.129 e. The van der Waals surface area contributed by atoms with E-state index in [2.05, 4.69) is 22.0 Å². The number of thiophene rings is 1. The van der Waals surface area contributed by atoms with Crippen molar-refractivity contribution in [3.05, 3.63) is 28.1 Å². The van der Waals surface area contributed by atoms with E-state index in [1.807, 2.05) is 18.2 Å². The van der Waals surface area contributed by atoms with Gasteiger partial charge < -0.3 is 0 Å². The van der Waals surface area contributed by atoms with E-state index >= 15 is 0 Å². The van der Waals surface area contributed by atoms with Crippen molar-refractivity contribution in [1.82, 2.24) is 0 Å². The Morgan fingerprint density at radius 3 is 2.73 bits per heavy atom. The summed E-state index contributed by atoms with van der Waals surface area (Å²) >= 11 is 5.07. The summed E-state index contributed by atoms with van der Waals surface area (Å²) in [6.45, 7) is 0. The first-order chi connectivity index (χ1) is 5.29. The molecule has 0 N–H and O–H groups in total. The van der Waals surface area contributed by atoms with Crippen molar-refractivity contribution >= 4 is 50.7 Å². The van der Waals surface area contributed by atoms with Crippen molar-refractivity contribution in [2.24, 2.45) is 0 Å². The lowest BCUT2D eigenvalue weighted by Crippen LogP contribution is -1.98. The molecule has 0 unspecified atom stereocenters. The van der Waals surface area contributed by atoms with Gasteiger partial charge in [0.15, 0.2) is 0 Å². The highest BCUT2D eigenvalue weighted by atomic mass is 79.9. The zero-order chi connectivity index (χ0) is 7.84. The minimum absolute atomic E-state index is 0.852.